The number of alkyl halides is 1. The normalized spacial score (nSPS) is 15.9. The summed E-state index contributed by atoms with van der Waals surface area (Å²) < 4.78 is 0. The highest BCUT2D eigenvalue weighted by atomic mass is 79.9. The number of rotatable bonds is 6. The van der Waals surface area contributed by atoms with Crippen LogP contribution in [0.3, 0.4) is 0 Å². The van der Waals surface area contributed by atoms with Gasteiger partial charge in [-0.2, -0.15) is 0 Å². The SMILES string of the molecule is CC(CCBr)CCSc1ccc2c(c1)CCC2. The van der Waals surface area contributed by atoms with Crippen molar-refractivity contribution in [1.82, 2.24) is 0 Å². The Bertz CT molecular complexity index is 362. The second kappa shape index (κ2) is 6.84. The Balaban J connectivity index is 1.79. The minimum atomic E-state index is 0.844. The molecular formula is C15H21BrS. The Kier molecular flexibility index (Phi) is 5.43. The van der Waals surface area contributed by atoms with Crippen LogP contribution in [0.5, 0.6) is 0 Å². The quantitative estimate of drug-likeness (QED) is 0.521. The molecule has 1 aromatic rings. The first-order valence-electron chi connectivity index (χ1n) is 6.60. The average Bonchev–Trinajstić information content (AvgIpc) is 2.76. The van der Waals surface area contributed by atoms with Crippen LogP contribution in [0.4, 0.5) is 0 Å². The first kappa shape index (κ1) is 13.5. The number of hydrogen-bond acceptors (Lipinski definition) is 1. The van der Waals surface area contributed by atoms with Crippen molar-refractivity contribution in [3.05, 3.63) is 29.3 Å². The van der Waals surface area contributed by atoms with Crippen LogP contribution in [0.25, 0.3) is 0 Å². The van der Waals surface area contributed by atoms with Gasteiger partial charge in [0.25, 0.3) is 0 Å². The summed E-state index contributed by atoms with van der Waals surface area (Å²) in [6.45, 7) is 2.35. The lowest BCUT2D eigenvalue weighted by molar-refractivity contribution is 0.555. The second-order valence-corrected chi connectivity index (χ2v) is 6.97. The van der Waals surface area contributed by atoms with Gasteiger partial charge in [-0.15, -0.1) is 11.8 Å². The topological polar surface area (TPSA) is 0 Å². The second-order valence-electron chi connectivity index (χ2n) is 5.00. The van der Waals surface area contributed by atoms with Crippen molar-refractivity contribution < 1.29 is 0 Å². The monoisotopic (exact) mass is 312 g/mol. The van der Waals surface area contributed by atoms with Crippen molar-refractivity contribution in [2.45, 2.75) is 43.9 Å². The summed E-state index contributed by atoms with van der Waals surface area (Å²) in [6.07, 6.45) is 6.57. The maximum atomic E-state index is 3.51. The predicted molar refractivity (Wildman–Crippen MR) is 81.4 cm³/mol. The minimum Gasteiger partial charge on any atom is -0.126 e. The van der Waals surface area contributed by atoms with Crippen LogP contribution >= 0.6 is 27.7 Å². The van der Waals surface area contributed by atoms with Crippen LogP contribution < -0.4 is 0 Å². The van der Waals surface area contributed by atoms with Gasteiger partial charge in [0.1, 0.15) is 0 Å². The Morgan fingerprint density at radius 2 is 2.06 bits per heavy atom. The third-order valence-electron chi connectivity index (χ3n) is 3.55. The number of benzene rings is 1. The lowest BCUT2D eigenvalue weighted by Crippen LogP contribution is -1.97. The average molecular weight is 313 g/mol. The first-order chi connectivity index (χ1) is 8.29. The molecule has 0 spiro atoms. The van der Waals surface area contributed by atoms with E-state index in [4.69, 9.17) is 0 Å². The molecule has 0 aromatic heterocycles. The van der Waals surface area contributed by atoms with E-state index in [2.05, 4.69) is 41.1 Å². The molecule has 1 atom stereocenters. The highest BCUT2D eigenvalue weighted by Crippen LogP contribution is 2.28. The van der Waals surface area contributed by atoms with Gasteiger partial charge in [-0.3, -0.25) is 0 Å². The summed E-state index contributed by atoms with van der Waals surface area (Å²) in [5.41, 5.74) is 3.19. The Morgan fingerprint density at radius 1 is 1.24 bits per heavy atom. The zero-order valence-corrected chi connectivity index (χ0v) is 12.9. The van der Waals surface area contributed by atoms with Gasteiger partial charge in [0.05, 0.1) is 0 Å². The van der Waals surface area contributed by atoms with Crippen molar-refractivity contribution in [2.75, 3.05) is 11.1 Å². The van der Waals surface area contributed by atoms with Crippen LogP contribution in [-0.4, -0.2) is 11.1 Å². The molecule has 2 heteroatoms. The van der Waals surface area contributed by atoms with E-state index in [-0.39, 0.29) is 0 Å². The van der Waals surface area contributed by atoms with E-state index in [1.807, 2.05) is 11.8 Å². The van der Waals surface area contributed by atoms with Crippen LogP contribution in [0.1, 0.15) is 37.3 Å². The third-order valence-corrected chi connectivity index (χ3v) is 5.04. The highest BCUT2D eigenvalue weighted by Gasteiger charge is 2.10. The summed E-state index contributed by atoms with van der Waals surface area (Å²) in [7, 11) is 0. The number of hydrogen-bond donors (Lipinski definition) is 0. The molecule has 0 radical (unpaired) electrons. The molecule has 94 valence electrons. The van der Waals surface area contributed by atoms with Crippen molar-refractivity contribution in [3.63, 3.8) is 0 Å². The molecule has 0 aliphatic heterocycles. The number of thioether (sulfide) groups is 1. The van der Waals surface area contributed by atoms with Gasteiger partial charge in [0, 0.05) is 10.2 Å². The van der Waals surface area contributed by atoms with E-state index in [0.29, 0.717) is 0 Å². The molecule has 17 heavy (non-hydrogen) atoms. The molecule has 0 heterocycles. The lowest BCUT2D eigenvalue weighted by Gasteiger charge is -2.09. The Labute approximate surface area is 118 Å². The largest absolute Gasteiger partial charge is 0.126 e. The van der Waals surface area contributed by atoms with E-state index < -0.39 is 0 Å². The maximum Gasteiger partial charge on any atom is 0.00748 e. The maximum absolute atomic E-state index is 3.51. The zero-order chi connectivity index (χ0) is 12.1. The number of halogens is 1. The van der Waals surface area contributed by atoms with E-state index in [9.17, 15) is 0 Å². The van der Waals surface area contributed by atoms with Gasteiger partial charge in [-0.05, 0) is 67.0 Å². The summed E-state index contributed by atoms with van der Waals surface area (Å²) in [4.78, 5) is 1.47. The molecule has 0 fully saturated rings. The van der Waals surface area contributed by atoms with Gasteiger partial charge < -0.3 is 0 Å². The number of fused-ring (bicyclic) bond motifs is 1. The van der Waals surface area contributed by atoms with Gasteiger partial charge in [-0.25, -0.2) is 0 Å². The van der Waals surface area contributed by atoms with E-state index >= 15 is 0 Å². The summed E-state index contributed by atoms with van der Waals surface area (Å²) in [5, 5.41) is 1.14. The van der Waals surface area contributed by atoms with Crippen molar-refractivity contribution in [2.24, 2.45) is 5.92 Å². The highest BCUT2D eigenvalue weighted by molar-refractivity contribution is 9.09. The molecular weight excluding hydrogens is 292 g/mol. The lowest BCUT2D eigenvalue weighted by atomic mass is 10.1. The molecule has 2 rings (SSSR count). The first-order valence-corrected chi connectivity index (χ1v) is 8.71. The van der Waals surface area contributed by atoms with Gasteiger partial charge in [0.15, 0.2) is 0 Å². The summed E-state index contributed by atoms with van der Waals surface area (Å²) in [5.74, 6) is 2.10. The fourth-order valence-electron chi connectivity index (χ4n) is 2.35. The summed E-state index contributed by atoms with van der Waals surface area (Å²) in [6, 6.07) is 7.07. The van der Waals surface area contributed by atoms with E-state index in [0.717, 1.165) is 11.2 Å². The molecule has 0 saturated carbocycles. The molecule has 1 aliphatic rings. The Morgan fingerprint density at radius 3 is 2.88 bits per heavy atom. The van der Waals surface area contributed by atoms with Crippen LogP contribution in [0.2, 0.25) is 0 Å². The smallest absolute Gasteiger partial charge is 0.00748 e. The van der Waals surface area contributed by atoms with E-state index in [1.54, 1.807) is 11.1 Å². The fraction of sp³-hybridized carbons (Fsp3) is 0.600. The van der Waals surface area contributed by atoms with Crippen LogP contribution in [0, 0.1) is 5.92 Å². The predicted octanol–water partition coefficient (Wildman–Crippen LogP) is 5.08. The van der Waals surface area contributed by atoms with Gasteiger partial charge >= 0.3 is 0 Å². The zero-order valence-electron chi connectivity index (χ0n) is 10.5. The van der Waals surface area contributed by atoms with Gasteiger partial charge in [-0.1, -0.05) is 28.9 Å². The number of aryl methyl sites for hydroxylation is 2. The van der Waals surface area contributed by atoms with Crippen molar-refractivity contribution in [1.29, 1.82) is 0 Å². The Hall–Kier alpha value is 0.0500. The molecule has 0 N–H and O–H groups in total. The standard InChI is InChI=1S/C15H21BrS/c1-12(7-9-16)8-10-17-15-6-5-13-3-2-4-14(13)11-15/h5-6,11-12H,2-4,7-10H2,1H3. The van der Waals surface area contributed by atoms with Crippen molar-refractivity contribution in [3.8, 4) is 0 Å². The van der Waals surface area contributed by atoms with Crippen LogP contribution in [0.15, 0.2) is 23.1 Å². The molecule has 0 saturated heterocycles. The van der Waals surface area contributed by atoms with E-state index in [1.165, 1.54) is 42.8 Å². The molecule has 1 unspecified atom stereocenters. The summed E-state index contributed by atoms with van der Waals surface area (Å²) >= 11 is 5.54. The molecule has 0 nitrogen and oxygen atoms in total. The van der Waals surface area contributed by atoms with Crippen LogP contribution in [-0.2, 0) is 12.8 Å². The molecule has 1 aliphatic carbocycles. The fourth-order valence-corrected chi connectivity index (χ4v) is 4.27. The third kappa shape index (κ3) is 4.03. The molecule has 0 bridgehead atoms. The van der Waals surface area contributed by atoms with Crippen molar-refractivity contribution >= 4 is 27.7 Å². The van der Waals surface area contributed by atoms with Gasteiger partial charge in [0.2, 0.25) is 0 Å². The minimum absolute atomic E-state index is 0.844. The molecule has 0 amide bonds. The molecule has 1 aromatic carbocycles.